The third-order valence-electron chi connectivity index (χ3n) is 2.84. The van der Waals surface area contributed by atoms with Gasteiger partial charge in [0.2, 0.25) is 0 Å². The topological polar surface area (TPSA) is 53.6 Å². The number of fused-ring (bicyclic) bond motifs is 1. The number of benzene rings is 1. The average molecular weight is 289 g/mol. The highest BCUT2D eigenvalue weighted by Gasteiger charge is 2.22. The Labute approximate surface area is 107 Å². The van der Waals surface area contributed by atoms with E-state index in [0.717, 1.165) is 34.5 Å². The summed E-state index contributed by atoms with van der Waals surface area (Å²) >= 11 is 3.39. The second-order valence-corrected chi connectivity index (χ2v) is 4.79. The first-order chi connectivity index (χ1) is 8.29. The van der Waals surface area contributed by atoms with E-state index in [1.807, 2.05) is 24.3 Å². The van der Waals surface area contributed by atoms with Crippen molar-refractivity contribution in [3.8, 4) is 11.8 Å². The Morgan fingerprint density at radius 3 is 2.76 bits per heavy atom. The zero-order valence-electron chi connectivity index (χ0n) is 8.94. The lowest BCUT2D eigenvalue weighted by molar-refractivity contribution is 0.717. The van der Waals surface area contributed by atoms with E-state index in [1.165, 1.54) is 0 Å². The summed E-state index contributed by atoms with van der Waals surface area (Å²) in [6, 6.07) is 10.0. The molecule has 0 aliphatic carbocycles. The maximum Gasteiger partial charge on any atom is 0.149 e. The maximum atomic E-state index is 9.24. The summed E-state index contributed by atoms with van der Waals surface area (Å²) in [6.45, 7) is 1.47. The molecule has 0 amide bonds. The van der Waals surface area contributed by atoms with Gasteiger partial charge in [-0.2, -0.15) is 10.4 Å². The van der Waals surface area contributed by atoms with Crippen LogP contribution in [0, 0.1) is 11.3 Å². The van der Waals surface area contributed by atoms with Gasteiger partial charge in [-0.3, -0.25) is 0 Å². The molecular weight excluding hydrogens is 280 g/mol. The van der Waals surface area contributed by atoms with Crippen molar-refractivity contribution >= 4 is 15.9 Å². The van der Waals surface area contributed by atoms with Crippen LogP contribution in [0.3, 0.4) is 0 Å². The number of aromatic nitrogens is 2. The van der Waals surface area contributed by atoms with Crippen LogP contribution < -0.4 is 5.32 Å². The minimum atomic E-state index is 0.632. The van der Waals surface area contributed by atoms with Crippen LogP contribution in [0.15, 0.2) is 28.7 Å². The fourth-order valence-corrected chi connectivity index (χ4v) is 2.28. The fourth-order valence-electron chi connectivity index (χ4n) is 2.01. The van der Waals surface area contributed by atoms with E-state index >= 15 is 0 Å². The summed E-state index contributed by atoms with van der Waals surface area (Å²) in [5.41, 5.74) is 3.55. The molecule has 0 saturated carbocycles. The van der Waals surface area contributed by atoms with Gasteiger partial charge in [-0.05, 0) is 24.3 Å². The van der Waals surface area contributed by atoms with Crippen molar-refractivity contribution in [1.29, 1.82) is 5.26 Å². The minimum Gasteiger partial charge on any atom is -0.307 e. The van der Waals surface area contributed by atoms with Gasteiger partial charge in [0.25, 0.3) is 0 Å². The van der Waals surface area contributed by atoms with Gasteiger partial charge in [-0.25, -0.2) is 4.68 Å². The summed E-state index contributed by atoms with van der Waals surface area (Å²) in [7, 11) is 0. The first kappa shape index (κ1) is 10.5. The fraction of sp³-hybridized carbons (Fsp3) is 0.167. The Morgan fingerprint density at radius 2 is 2.06 bits per heavy atom. The van der Waals surface area contributed by atoms with E-state index in [-0.39, 0.29) is 0 Å². The van der Waals surface area contributed by atoms with E-state index in [1.54, 1.807) is 4.68 Å². The van der Waals surface area contributed by atoms with Gasteiger partial charge < -0.3 is 5.32 Å². The van der Waals surface area contributed by atoms with Crippen LogP contribution in [-0.4, -0.2) is 9.78 Å². The van der Waals surface area contributed by atoms with Crippen molar-refractivity contribution in [2.24, 2.45) is 0 Å². The summed E-state index contributed by atoms with van der Waals surface area (Å²) in [5.74, 6) is 0. The van der Waals surface area contributed by atoms with Gasteiger partial charge in [0.1, 0.15) is 11.8 Å². The van der Waals surface area contributed by atoms with Gasteiger partial charge in [0, 0.05) is 23.1 Å². The minimum absolute atomic E-state index is 0.632. The van der Waals surface area contributed by atoms with Crippen molar-refractivity contribution in [1.82, 2.24) is 15.1 Å². The molecule has 1 aromatic heterocycles. The van der Waals surface area contributed by atoms with Crippen molar-refractivity contribution in [2.75, 3.05) is 0 Å². The van der Waals surface area contributed by atoms with E-state index < -0.39 is 0 Å². The first-order valence-electron chi connectivity index (χ1n) is 5.27. The van der Waals surface area contributed by atoms with Gasteiger partial charge in [-0.1, -0.05) is 15.9 Å². The van der Waals surface area contributed by atoms with Gasteiger partial charge in [-0.15, -0.1) is 0 Å². The average Bonchev–Trinajstić information content (AvgIpc) is 2.89. The zero-order valence-corrected chi connectivity index (χ0v) is 10.5. The monoisotopic (exact) mass is 288 g/mol. The van der Waals surface area contributed by atoms with Crippen LogP contribution in [-0.2, 0) is 13.1 Å². The second-order valence-electron chi connectivity index (χ2n) is 3.88. The van der Waals surface area contributed by atoms with Crippen LogP contribution >= 0.6 is 15.9 Å². The maximum absolute atomic E-state index is 9.24. The highest BCUT2D eigenvalue weighted by Crippen LogP contribution is 2.22. The number of nitriles is 1. The number of hydrogen-bond donors (Lipinski definition) is 1. The normalized spacial score (nSPS) is 13.4. The van der Waals surface area contributed by atoms with E-state index in [4.69, 9.17) is 0 Å². The molecule has 5 heteroatoms. The molecule has 3 rings (SSSR count). The van der Waals surface area contributed by atoms with Crippen molar-refractivity contribution in [3.63, 3.8) is 0 Å². The summed E-state index contributed by atoms with van der Waals surface area (Å²) < 4.78 is 2.74. The molecule has 4 nitrogen and oxygen atoms in total. The first-order valence-corrected chi connectivity index (χ1v) is 6.06. The highest BCUT2D eigenvalue weighted by atomic mass is 79.9. The van der Waals surface area contributed by atoms with Crippen LogP contribution in [0.1, 0.15) is 17.0 Å². The van der Waals surface area contributed by atoms with Crippen LogP contribution in [0.5, 0.6) is 0 Å². The molecular formula is C12H9BrN4. The van der Waals surface area contributed by atoms with Crippen LogP contribution in [0.4, 0.5) is 0 Å². The summed E-state index contributed by atoms with van der Waals surface area (Å²) in [4.78, 5) is 0. The Kier molecular flexibility index (Phi) is 2.46. The number of nitrogens with zero attached hydrogens (tertiary/aromatic N) is 3. The quantitative estimate of drug-likeness (QED) is 0.874. The van der Waals surface area contributed by atoms with Gasteiger partial charge in [0.15, 0.2) is 0 Å². The molecule has 1 N–H and O–H groups in total. The second kappa shape index (κ2) is 3.99. The SMILES string of the molecule is N#Cc1c2c(nn1-c1ccc(Br)cc1)CNC2. The molecule has 0 saturated heterocycles. The molecule has 0 radical (unpaired) electrons. The molecule has 0 atom stereocenters. The lowest BCUT2D eigenvalue weighted by Crippen LogP contribution is -2.07. The van der Waals surface area contributed by atoms with E-state index in [9.17, 15) is 5.26 Å². The third kappa shape index (κ3) is 1.66. The molecule has 1 aliphatic heterocycles. The largest absolute Gasteiger partial charge is 0.307 e. The van der Waals surface area contributed by atoms with Crippen LogP contribution in [0.2, 0.25) is 0 Å². The van der Waals surface area contributed by atoms with Gasteiger partial charge in [0.05, 0.1) is 11.4 Å². The standard InChI is InChI=1S/C12H9BrN4/c13-8-1-3-9(4-2-8)17-12(5-14)10-6-15-7-11(10)16-17/h1-4,15H,6-7H2. The van der Waals surface area contributed by atoms with E-state index in [0.29, 0.717) is 5.69 Å². The molecule has 2 heterocycles. The smallest absolute Gasteiger partial charge is 0.149 e. The number of halogens is 1. The molecule has 0 spiro atoms. The molecule has 2 aromatic rings. The molecule has 84 valence electrons. The molecule has 1 aliphatic rings. The van der Waals surface area contributed by atoms with Gasteiger partial charge >= 0.3 is 0 Å². The number of nitrogens with one attached hydrogen (secondary N) is 1. The Balaban J connectivity index is 2.16. The number of hydrogen-bond acceptors (Lipinski definition) is 3. The zero-order chi connectivity index (χ0) is 11.8. The van der Waals surface area contributed by atoms with Crippen molar-refractivity contribution in [3.05, 3.63) is 45.7 Å². The van der Waals surface area contributed by atoms with Crippen molar-refractivity contribution < 1.29 is 0 Å². The third-order valence-corrected chi connectivity index (χ3v) is 3.37. The molecule has 0 unspecified atom stereocenters. The lowest BCUT2D eigenvalue weighted by Gasteiger charge is -2.04. The number of rotatable bonds is 1. The molecule has 1 aromatic carbocycles. The summed E-state index contributed by atoms with van der Waals surface area (Å²) in [6.07, 6.45) is 0. The Bertz CT molecular complexity index is 607. The Hall–Kier alpha value is -1.64. The predicted octanol–water partition coefficient (Wildman–Crippen LogP) is 2.11. The molecule has 17 heavy (non-hydrogen) atoms. The highest BCUT2D eigenvalue weighted by molar-refractivity contribution is 9.10. The summed E-state index contributed by atoms with van der Waals surface area (Å²) in [5, 5.41) is 16.9. The predicted molar refractivity (Wildman–Crippen MR) is 66.5 cm³/mol. The van der Waals surface area contributed by atoms with Crippen molar-refractivity contribution in [2.45, 2.75) is 13.1 Å². The Morgan fingerprint density at radius 1 is 1.29 bits per heavy atom. The molecule has 0 fully saturated rings. The van der Waals surface area contributed by atoms with E-state index in [2.05, 4.69) is 32.4 Å². The van der Waals surface area contributed by atoms with Crippen LogP contribution in [0.25, 0.3) is 5.69 Å². The lowest BCUT2D eigenvalue weighted by atomic mass is 10.2. The molecule has 0 bridgehead atoms.